The van der Waals surface area contributed by atoms with E-state index in [-0.39, 0.29) is 0 Å². The molecule has 0 heterocycles. The summed E-state index contributed by atoms with van der Waals surface area (Å²) < 4.78 is 11.5. The summed E-state index contributed by atoms with van der Waals surface area (Å²) in [5, 5.41) is 19.9. The molecule has 0 spiro atoms. The van der Waals surface area contributed by atoms with Crippen LogP contribution in [0.4, 0.5) is 0 Å². The lowest BCUT2D eigenvalue weighted by atomic mass is 9.90. The van der Waals surface area contributed by atoms with E-state index in [1.807, 2.05) is 60.7 Å². The van der Waals surface area contributed by atoms with Crippen LogP contribution in [0.15, 0.2) is 60.7 Å². The zero-order valence-corrected chi connectivity index (χ0v) is 20.8. The number of rotatable bonds is 13. The van der Waals surface area contributed by atoms with E-state index in [4.69, 9.17) is 9.47 Å². The zero-order chi connectivity index (χ0) is 24.9. The van der Waals surface area contributed by atoms with Crippen molar-refractivity contribution in [2.45, 2.75) is 58.8 Å². The SMILES string of the molecule is CCCCCCCCOc1ccc(-c2ccc(-c3ccc(OCCC)cc3)c(C#N)c2C#N)cc1. The third-order valence-corrected chi connectivity index (χ3v) is 6.00. The summed E-state index contributed by atoms with van der Waals surface area (Å²) in [5.74, 6) is 1.62. The molecule has 0 amide bonds. The summed E-state index contributed by atoms with van der Waals surface area (Å²) in [7, 11) is 0. The Labute approximate surface area is 209 Å². The largest absolute Gasteiger partial charge is 0.494 e. The molecule has 3 rings (SSSR count). The molecule has 0 atom stereocenters. The Hall–Kier alpha value is -3.76. The van der Waals surface area contributed by atoms with Gasteiger partial charge in [0.25, 0.3) is 0 Å². The Morgan fingerprint density at radius 1 is 0.543 bits per heavy atom. The van der Waals surface area contributed by atoms with Gasteiger partial charge in [0.1, 0.15) is 23.6 Å². The summed E-state index contributed by atoms with van der Waals surface area (Å²) in [6.45, 7) is 5.67. The molecule has 0 saturated heterocycles. The van der Waals surface area contributed by atoms with Gasteiger partial charge in [-0.05, 0) is 48.2 Å². The first-order valence-electron chi connectivity index (χ1n) is 12.7. The van der Waals surface area contributed by atoms with Gasteiger partial charge in [0, 0.05) is 11.1 Å². The second-order valence-electron chi connectivity index (χ2n) is 8.65. The number of benzene rings is 3. The van der Waals surface area contributed by atoms with Gasteiger partial charge in [0.05, 0.1) is 24.3 Å². The molecular formula is C31H34N2O2. The Bertz CT molecular complexity index is 1150. The molecule has 0 fully saturated rings. The van der Waals surface area contributed by atoms with Crippen LogP contribution in [0.5, 0.6) is 11.5 Å². The van der Waals surface area contributed by atoms with Gasteiger partial charge in [-0.1, -0.05) is 82.3 Å². The maximum atomic E-state index is 9.93. The number of unbranched alkanes of at least 4 members (excludes halogenated alkanes) is 5. The number of ether oxygens (including phenoxy) is 2. The molecule has 35 heavy (non-hydrogen) atoms. The fourth-order valence-electron chi connectivity index (χ4n) is 4.07. The standard InChI is InChI=1S/C31H34N2O2/c1-3-5-6-7-8-9-21-35-27-16-12-25(13-17-27)29-19-18-28(30(22-32)31(29)23-33)24-10-14-26(15-11-24)34-20-4-2/h10-19H,3-9,20-21H2,1-2H3. The predicted octanol–water partition coefficient (Wildman–Crippen LogP) is 8.29. The molecule has 0 radical (unpaired) electrons. The van der Waals surface area contributed by atoms with Crippen molar-refractivity contribution in [3.63, 3.8) is 0 Å². The molecular weight excluding hydrogens is 432 g/mol. The Balaban J connectivity index is 1.73. The van der Waals surface area contributed by atoms with Gasteiger partial charge in [-0.25, -0.2) is 0 Å². The third-order valence-electron chi connectivity index (χ3n) is 6.00. The quantitative estimate of drug-likeness (QED) is 0.238. The van der Waals surface area contributed by atoms with Crippen molar-refractivity contribution in [2.24, 2.45) is 0 Å². The lowest BCUT2D eigenvalue weighted by molar-refractivity contribution is 0.304. The van der Waals surface area contributed by atoms with Gasteiger partial charge >= 0.3 is 0 Å². The van der Waals surface area contributed by atoms with Gasteiger partial charge in [0.2, 0.25) is 0 Å². The topological polar surface area (TPSA) is 66.0 Å². The fourth-order valence-corrected chi connectivity index (χ4v) is 4.07. The molecule has 0 N–H and O–H groups in total. The van der Waals surface area contributed by atoms with Crippen LogP contribution in [-0.2, 0) is 0 Å². The average Bonchev–Trinajstić information content (AvgIpc) is 2.91. The molecule has 3 aromatic carbocycles. The van der Waals surface area contributed by atoms with Crippen LogP contribution in [0.3, 0.4) is 0 Å². The van der Waals surface area contributed by atoms with Crippen LogP contribution in [0.2, 0.25) is 0 Å². The maximum Gasteiger partial charge on any atom is 0.119 e. The molecule has 0 aromatic heterocycles. The van der Waals surface area contributed by atoms with Gasteiger partial charge < -0.3 is 9.47 Å². The van der Waals surface area contributed by atoms with Crippen molar-refractivity contribution in [3.05, 3.63) is 71.8 Å². The number of nitrogens with zero attached hydrogens (tertiary/aromatic N) is 2. The highest BCUT2D eigenvalue weighted by atomic mass is 16.5. The van der Waals surface area contributed by atoms with Crippen molar-refractivity contribution in [1.82, 2.24) is 0 Å². The smallest absolute Gasteiger partial charge is 0.119 e. The van der Waals surface area contributed by atoms with Crippen molar-refractivity contribution in [1.29, 1.82) is 10.5 Å². The van der Waals surface area contributed by atoms with Crippen LogP contribution in [0.25, 0.3) is 22.3 Å². The van der Waals surface area contributed by atoms with Crippen molar-refractivity contribution >= 4 is 0 Å². The third kappa shape index (κ3) is 7.11. The summed E-state index contributed by atoms with van der Waals surface area (Å²) >= 11 is 0. The maximum absolute atomic E-state index is 9.93. The van der Waals surface area contributed by atoms with Crippen molar-refractivity contribution < 1.29 is 9.47 Å². The minimum absolute atomic E-state index is 0.385. The second-order valence-corrected chi connectivity index (χ2v) is 8.65. The summed E-state index contributed by atoms with van der Waals surface area (Å²) in [6.07, 6.45) is 8.33. The minimum Gasteiger partial charge on any atom is -0.494 e. The first kappa shape index (κ1) is 25.9. The zero-order valence-electron chi connectivity index (χ0n) is 20.8. The fraction of sp³-hybridized carbons (Fsp3) is 0.355. The van der Waals surface area contributed by atoms with E-state index >= 15 is 0 Å². The van der Waals surface area contributed by atoms with Crippen LogP contribution in [0.1, 0.15) is 69.9 Å². The van der Waals surface area contributed by atoms with E-state index in [2.05, 4.69) is 26.0 Å². The van der Waals surface area contributed by atoms with E-state index in [1.54, 1.807) is 0 Å². The molecule has 4 heteroatoms. The van der Waals surface area contributed by atoms with Gasteiger partial charge in [-0.3, -0.25) is 0 Å². The molecule has 0 saturated carbocycles. The van der Waals surface area contributed by atoms with Crippen LogP contribution in [0, 0.1) is 22.7 Å². The second kappa shape index (κ2) is 13.8. The Morgan fingerprint density at radius 3 is 1.46 bits per heavy atom. The van der Waals surface area contributed by atoms with Gasteiger partial charge in [-0.2, -0.15) is 10.5 Å². The van der Waals surface area contributed by atoms with Gasteiger partial charge in [-0.15, -0.1) is 0 Å². The Kier molecular flexibility index (Phi) is 10.2. The molecule has 0 aliphatic rings. The van der Waals surface area contributed by atoms with E-state index in [9.17, 15) is 10.5 Å². The highest BCUT2D eigenvalue weighted by Crippen LogP contribution is 2.34. The minimum atomic E-state index is 0.385. The number of hydrogen-bond donors (Lipinski definition) is 0. The molecule has 3 aromatic rings. The molecule has 0 bridgehead atoms. The lowest BCUT2D eigenvalue weighted by Gasteiger charge is -2.12. The van der Waals surface area contributed by atoms with E-state index < -0.39 is 0 Å². The van der Waals surface area contributed by atoms with E-state index in [0.29, 0.717) is 24.3 Å². The first-order chi connectivity index (χ1) is 17.2. The Morgan fingerprint density at radius 2 is 1.00 bits per heavy atom. The summed E-state index contributed by atoms with van der Waals surface area (Å²) in [6, 6.07) is 23.8. The van der Waals surface area contributed by atoms with Crippen LogP contribution >= 0.6 is 0 Å². The highest BCUT2D eigenvalue weighted by Gasteiger charge is 2.16. The molecule has 180 valence electrons. The molecule has 0 aliphatic heterocycles. The van der Waals surface area contributed by atoms with Crippen molar-refractivity contribution in [2.75, 3.05) is 13.2 Å². The first-order valence-corrected chi connectivity index (χ1v) is 12.7. The molecule has 4 nitrogen and oxygen atoms in total. The normalized spacial score (nSPS) is 10.4. The van der Waals surface area contributed by atoms with Gasteiger partial charge in [0.15, 0.2) is 0 Å². The summed E-state index contributed by atoms with van der Waals surface area (Å²) in [5.41, 5.74) is 4.03. The van der Waals surface area contributed by atoms with Crippen LogP contribution < -0.4 is 9.47 Å². The predicted molar refractivity (Wildman–Crippen MR) is 141 cm³/mol. The van der Waals surface area contributed by atoms with Crippen molar-refractivity contribution in [3.8, 4) is 45.9 Å². The molecule has 0 unspecified atom stereocenters. The average molecular weight is 467 g/mol. The lowest BCUT2D eigenvalue weighted by Crippen LogP contribution is -1.98. The van der Waals surface area contributed by atoms with Crippen LogP contribution in [-0.4, -0.2) is 13.2 Å². The van der Waals surface area contributed by atoms with E-state index in [0.717, 1.165) is 46.6 Å². The summed E-state index contributed by atoms with van der Waals surface area (Å²) in [4.78, 5) is 0. The number of hydrogen-bond acceptors (Lipinski definition) is 4. The highest BCUT2D eigenvalue weighted by molar-refractivity contribution is 5.82. The van der Waals surface area contributed by atoms with E-state index in [1.165, 1.54) is 32.1 Å². The number of nitriles is 2. The molecule has 0 aliphatic carbocycles. The monoisotopic (exact) mass is 466 g/mol.